The molecule has 0 spiro atoms. The summed E-state index contributed by atoms with van der Waals surface area (Å²) in [5.74, 6) is -0.734. The van der Waals surface area contributed by atoms with Gasteiger partial charge in [-0.3, -0.25) is 23.9 Å². The molecule has 5 aromatic carbocycles. The number of fused-ring (bicyclic) bond motifs is 1. The number of benzene rings is 5. The molecule has 0 fully saturated rings. The Bertz CT molecular complexity index is 2220. The Hall–Kier alpha value is -5.18. The van der Waals surface area contributed by atoms with Gasteiger partial charge in [-0.25, -0.2) is 16.8 Å². The minimum Gasteiger partial charge on any atom is -0.495 e. The summed E-state index contributed by atoms with van der Waals surface area (Å²) in [6, 6.07) is 25.5. The van der Waals surface area contributed by atoms with Gasteiger partial charge in [0.15, 0.2) is 0 Å². The molecule has 0 aliphatic rings. The number of nitrogens with one attached hydrogen (secondary N) is 2. The average Bonchev–Trinajstić information content (AvgIpc) is 3.04. The summed E-state index contributed by atoms with van der Waals surface area (Å²) in [4.78, 5) is 23.6. The lowest BCUT2D eigenvalue weighted by Gasteiger charge is -2.26. The first-order valence-electron chi connectivity index (χ1n) is 13.8. The van der Waals surface area contributed by atoms with Crippen molar-refractivity contribution in [1.29, 1.82) is 0 Å². The Balaban J connectivity index is 1.41. The first-order valence-corrected chi connectivity index (χ1v) is 17.1. The van der Waals surface area contributed by atoms with Crippen LogP contribution in [0.1, 0.15) is 5.56 Å². The number of nitro benzene ring substituents is 1. The van der Waals surface area contributed by atoms with Crippen LogP contribution < -0.4 is 19.1 Å². The van der Waals surface area contributed by atoms with Crippen LogP contribution >= 0.6 is 11.6 Å². The standard InChI is InChI=1S/C32H27ClN4O8S2/c1-21-10-14-26(19-29(21)37(39)40)47(43,44)36(30-18-23(33)11-17-31(30)45-2)20-32(38)34-24-12-15-25(16-13-24)46(41,42)35-28-9-5-7-22-6-3-4-8-27(22)28/h3-19,35H,20H2,1-2H3,(H,34,38). The van der Waals surface area contributed by atoms with Crippen molar-refractivity contribution in [2.75, 3.05) is 28.0 Å². The molecule has 0 radical (unpaired) electrons. The van der Waals surface area contributed by atoms with E-state index in [9.17, 15) is 31.7 Å². The maximum Gasteiger partial charge on any atom is 0.273 e. The number of rotatable bonds is 11. The fraction of sp³-hybridized carbons (Fsp3) is 0.0938. The Morgan fingerprint density at radius 2 is 1.57 bits per heavy atom. The van der Waals surface area contributed by atoms with Crippen LogP contribution in [0, 0.1) is 17.0 Å². The molecule has 15 heteroatoms. The normalized spacial score (nSPS) is 11.6. The summed E-state index contributed by atoms with van der Waals surface area (Å²) in [7, 11) is -7.29. The van der Waals surface area contributed by atoms with Crippen molar-refractivity contribution in [3.63, 3.8) is 0 Å². The summed E-state index contributed by atoms with van der Waals surface area (Å²) in [5.41, 5.74) is 0.326. The van der Waals surface area contributed by atoms with Crippen LogP contribution in [0.2, 0.25) is 5.02 Å². The van der Waals surface area contributed by atoms with Crippen LogP contribution in [-0.2, 0) is 24.8 Å². The van der Waals surface area contributed by atoms with Gasteiger partial charge in [0.05, 0.1) is 33.2 Å². The molecule has 2 N–H and O–H groups in total. The van der Waals surface area contributed by atoms with E-state index in [4.69, 9.17) is 16.3 Å². The van der Waals surface area contributed by atoms with Gasteiger partial charge in [0.25, 0.3) is 25.7 Å². The highest BCUT2D eigenvalue weighted by Crippen LogP contribution is 2.36. The van der Waals surface area contributed by atoms with Gasteiger partial charge in [0.1, 0.15) is 12.3 Å². The quantitative estimate of drug-likeness (QED) is 0.119. The summed E-state index contributed by atoms with van der Waals surface area (Å²) < 4.78 is 62.8. The third-order valence-corrected chi connectivity index (χ3v) is 10.5. The van der Waals surface area contributed by atoms with Crippen molar-refractivity contribution >= 4 is 71.1 Å². The number of carbonyl (C=O) groups excluding carboxylic acids is 1. The number of amides is 1. The van der Waals surface area contributed by atoms with E-state index in [2.05, 4.69) is 10.0 Å². The minimum atomic E-state index is -4.59. The molecule has 5 aromatic rings. The largest absolute Gasteiger partial charge is 0.495 e. The Labute approximate surface area is 275 Å². The second kappa shape index (κ2) is 13.3. The van der Waals surface area contributed by atoms with Crippen LogP contribution in [0.3, 0.4) is 0 Å². The zero-order chi connectivity index (χ0) is 33.9. The number of hydrogen-bond donors (Lipinski definition) is 2. The van der Waals surface area contributed by atoms with Crippen LogP contribution in [-0.4, -0.2) is 41.3 Å². The Morgan fingerprint density at radius 3 is 2.28 bits per heavy atom. The SMILES string of the molecule is COc1ccc(Cl)cc1N(CC(=O)Nc1ccc(S(=O)(=O)Nc2cccc3ccccc23)cc1)S(=O)(=O)c1ccc(C)c([N+](=O)[O-])c1. The van der Waals surface area contributed by atoms with Crippen molar-refractivity contribution in [2.45, 2.75) is 16.7 Å². The summed E-state index contributed by atoms with van der Waals surface area (Å²) >= 11 is 6.18. The first-order chi connectivity index (χ1) is 22.3. The van der Waals surface area contributed by atoms with E-state index in [1.165, 1.54) is 68.6 Å². The van der Waals surface area contributed by atoms with Crippen molar-refractivity contribution in [1.82, 2.24) is 0 Å². The van der Waals surface area contributed by atoms with E-state index >= 15 is 0 Å². The molecule has 0 saturated carbocycles. The molecule has 0 saturated heterocycles. The van der Waals surface area contributed by atoms with Crippen LogP contribution in [0.15, 0.2) is 113 Å². The van der Waals surface area contributed by atoms with Crippen LogP contribution in [0.25, 0.3) is 10.8 Å². The number of ether oxygens (including phenoxy) is 1. The molecular formula is C32H27ClN4O8S2. The molecule has 0 aliphatic carbocycles. The molecule has 0 bridgehead atoms. The Morgan fingerprint density at radius 1 is 0.894 bits per heavy atom. The van der Waals surface area contributed by atoms with E-state index in [-0.39, 0.29) is 32.6 Å². The zero-order valence-corrected chi connectivity index (χ0v) is 27.3. The lowest BCUT2D eigenvalue weighted by Crippen LogP contribution is -2.38. The van der Waals surface area contributed by atoms with Crippen molar-refractivity contribution in [3.8, 4) is 5.75 Å². The third kappa shape index (κ3) is 7.14. The van der Waals surface area contributed by atoms with Gasteiger partial charge >= 0.3 is 0 Å². The van der Waals surface area contributed by atoms with Crippen molar-refractivity contribution in [3.05, 3.63) is 124 Å². The third-order valence-electron chi connectivity index (χ3n) is 7.14. The highest BCUT2D eigenvalue weighted by Gasteiger charge is 2.31. The van der Waals surface area contributed by atoms with Gasteiger partial charge in [-0.05, 0) is 66.9 Å². The maximum absolute atomic E-state index is 13.9. The smallest absolute Gasteiger partial charge is 0.273 e. The monoisotopic (exact) mass is 694 g/mol. The molecule has 1 amide bonds. The molecule has 0 heterocycles. The van der Waals surface area contributed by atoms with E-state index in [1.54, 1.807) is 24.3 Å². The van der Waals surface area contributed by atoms with Gasteiger partial charge < -0.3 is 10.1 Å². The average molecular weight is 695 g/mol. The number of nitrogens with zero attached hydrogens (tertiary/aromatic N) is 2. The Kier molecular flexibility index (Phi) is 9.38. The predicted octanol–water partition coefficient (Wildman–Crippen LogP) is 6.35. The topological polar surface area (TPSA) is 165 Å². The number of methoxy groups -OCH3 is 1. The number of halogens is 1. The number of aryl methyl sites for hydroxylation is 1. The first kappa shape index (κ1) is 33.2. The predicted molar refractivity (Wildman–Crippen MR) is 180 cm³/mol. The van der Waals surface area contributed by atoms with Gasteiger partial charge in [-0.15, -0.1) is 0 Å². The number of sulfonamides is 2. The van der Waals surface area contributed by atoms with Gasteiger partial charge in [-0.1, -0.05) is 54.1 Å². The number of hydrogen-bond acceptors (Lipinski definition) is 8. The van der Waals surface area contributed by atoms with Gasteiger partial charge in [0.2, 0.25) is 5.91 Å². The fourth-order valence-corrected chi connectivity index (χ4v) is 7.49. The molecule has 0 aromatic heterocycles. The fourth-order valence-electron chi connectivity index (χ4n) is 4.80. The molecule has 0 aliphatic heterocycles. The number of anilines is 3. The maximum atomic E-state index is 13.9. The van der Waals surface area contributed by atoms with Gasteiger partial charge in [-0.2, -0.15) is 0 Å². The second-order valence-corrected chi connectivity index (χ2v) is 14.2. The molecule has 47 heavy (non-hydrogen) atoms. The van der Waals surface area contributed by atoms with E-state index in [0.717, 1.165) is 21.1 Å². The minimum absolute atomic E-state index is 0.0700. The van der Waals surface area contributed by atoms with E-state index in [0.29, 0.717) is 5.69 Å². The number of nitro groups is 1. The van der Waals surface area contributed by atoms with Crippen LogP contribution in [0.5, 0.6) is 5.75 Å². The molecule has 5 rings (SSSR count). The molecule has 12 nitrogen and oxygen atoms in total. The van der Waals surface area contributed by atoms with Crippen LogP contribution in [0.4, 0.5) is 22.7 Å². The molecule has 0 atom stereocenters. The molecule has 242 valence electrons. The lowest BCUT2D eigenvalue weighted by molar-refractivity contribution is -0.385. The zero-order valence-electron chi connectivity index (χ0n) is 24.9. The number of carbonyl (C=O) groups is 1. The summed E-state index contributed by atoms with van der Waals surface area (Å²) in [6.07, 6.45) is 0. The van der Waals surface area contributed by atoms with E-state index in [1.807, 2.05) is 18.2 Å². The van der Waals surface area contributed by atoms with Crippen molar-refractivity contribution in [2.24, 2.45) is 0 Å². The summed E-state index contributed by atoms with van der Waals surface area (Å²) in [5, 5.41) is 15.8. The summed E-state index contributed by atoms with van der Waals surface area (Å²) in [6.45, 7) is 0.680. The highest BCUT2D eigenvalue weighted by molar-refractivity contribution is 7.93. The molecule has 0 unspecified atom stereocenters. The van der Waals surface area contributed by atoms with Gasteiger partial charge in [0, 0.05) is 27.7 Å². The second-order valence-electron chi connectivity index (χ2n) is 10.2. The molecular weight excluding hydrogens is 668 g/mol. The highest BCUT2D eigenvalue weighted by atomic mass is 35.5. The van der Waals surface area contributed by atoms with Crippen molar-refractivity contribution < 1.29 is 31.3 Å². The lowest BCUT2D eigenvalue weighted by atomic mass is 10.1. The van der Waals surface area contributed by atoms with E-state index < -0.39 is 48.0 Å².